The van der Waals surface area contributed by atoms with Gasteiger partial charge in [0.1, 0.15) is 0 Å². The summed E-state index contributed by atoms with van der Waals surface area (Å²) in [5.74, 6) is 1.56. The number of nitrogens with one attached hydrogen (secondary N) is 1. The first-order valence-corrected chi connectivity index (χ1v) is 6.74. The zero-order valence-corrected chi connectivity index (χ0v) is 11.8. The molecule has 2 aromatic heterocycles. The van der Waals surface area contributed by atoms with Crippen LogP contribution in [0, 0.1) is 13.8 Å². The number of thiophene rings is 1. The molecule has 0 saturated carbocycles. The molecule has 0 aliphatic rings. The van der Waals surface area contributed by atoms with Crippen molar-refractivity contribution in [1.82, 2.24) is 10.3 Å². The normalized spacial score (nSPS) is 11.1. The van der Waals surface area contributed by atoms with Crippen molar-refractivity contribution < 1.29 is 9.15 Å². The highest BCUT2D eigenvalue weighted by Crippen LogP contribution is 2.30. The van der Waals surface area contributed by atoms with Crippen LogP contribution >= 0.6 is 11.3 Å². The van der Waals surface area contributed by atoms with Gasteiger partial charge in [0.15, 0.2) is 5.76 Å². The van der Waals surface area contributed by atoms with E-state index in [1.165, 1.54) is 10.4 Å². The molecule has 0 fully saturated rings. The summed E-state index contributed by atoms with van der Waals surface area (Å²) in [4.78, 5) is 6.73. The molecule has 2 rings (SSSR count). The molecule has 1 N–H and O–H groups in total. The molecule has 2 heterocycles. The van der Waals surface area contributed by atoms with Crippen LogP contribution in [0.2, 0.25) is 0 Å². The SMILES string of the molecule is COCCNCc1ncc(-c2cc(C)c(C)s2)o1. The Kier molecular flexibility index (Phi) is 4.52. The number of aryl methyl sites for hydroxylation is 2. The minimum Gasteiger partial charge on any atom is -0.438 e. The van der Waals surface area contributed by atoms with Gasteiger partial charge in [-0.15, -0.1) is 11.3 Å². The molecule has 4 nitrogen and oxygen atoms in total. The van der Waals surface area contributed by atoms with Crippen molar-refractivity contribution in [2.75, 3.05) is 20.3 Å². The standard InChI is InChI=1S/C13H18N2O2S/c1-9-6-12(18-10(9)2)11-7-15-13(17-11)8-14-4-5-16-3/h6-7,14H,4-5,8H2,1-3H3. The van der Waals surface area contributed by atoms with Crippen molar-refractivity contribution in [2.45, 2.75) is 20.4 Å². The van der Waals surface area contributed by atoms with Gasteiger partial charge in [-0.25, -0.2) is 4.98 Å². The maximum absolute atomic E-state index is 5.71. The second kappa shape index (κ2) is 6.13. The van der Waals surface area contributed by atoms with E-state index in [9.17, 15) is 0 Å². The lowest BCUT2D eigenvalue weighted by Crippen LogP contribution is -2.18. The van der Waals surface area contributed by atoms with E-state index in [0.29, 0.717) is 19.0 Å². The number of oxazole rings is 1. The van der Waals surface area contributed by atoms with Crippen molar-refractivity contribution in [2.24, 2.45) is 0 Å². The molecular weight excluding hydrogens is 248 g/mol. The molecule has 0 amide bonds. The lowest BCUT2D eigenvalue weighted by Gasteiger charge is -1.99. The number of methoxy groups -OCH3 is 1. The summed E-state index contributed by atoms with van der Waals surface area (Å²) in [5, 5.41) is 3.21. The summed E-state index contributed by atoms with van der Waals surface area (Å²) in [7, 11) is 1.69. The van der Waals surface area contributed by atoms with Gasteiger partial charge < -0.3 is 14.5 Å². The van der Waals surface area contributed by atoms with E-state index in [-0.39, 0.29) is 0 Å². The third-order valence-electron chi connectivity index (χ3n) is 2.72. The van der Waals surface area contributed by atoms with Crippen LogP contribution in [-0.4, -0.2) is 25.2 Å². The van der Waals surface area contributed by atoms with Gasteiger partial charge in [-0.05, 0) is 25.5 Å². The van der Waals surface area contributed by atoms with Crippen LogP contribution in [0.15, 0.2) is 16.7 Å². The topological polar surface area (TPSA) is 47.3 Å². The smallest absolute Gasteiger partial charge is 0.208 e. The van der Waals surface area contributed by atoms with Gasteiger partial charge in [-0.3, -0.25) is 0 Å². The minimum absolute atomic E-state index is 0.632. The molecule has 98 valence electrons. The second-order valence-electron chi connectivity index (χ2n) is 4.14. The summed E-state index contributed by atoms with van der Waals surface area (Å²) < 4.78 is 10.7. The average Bonchev–Trinajstić information content (AvgIpc) is 2.93. The van der Waals surface area contributed by atoms with Gasteiger partial charge in [-0.2, -0.15) is 0 Å². The van der Waals surface area contributed by atoms with Crippen LogP contribution in [0.3, 0.4) is 0 Å². The Labute approximate surface area is 111 Å². The molecule has 0 radical (unpaired) electrons. The van der Waals surface area contributed by atoms with Crippen molar-refractivity contribution in [3.63, 3.8) is 0 Å². The van der Waals surface area contributed by atoms with E-state index in [4.69, 9.17) is 9.15 Å². The summed E-state index contributed by atoms with van der Waals surface area (Å²) >= 11 is 1.74. The first-order valence-electron chi connectivity index (χ1n) is 5.92. The zero-order valence-electron chi connectivity index (χ0n) is 10.9. The fourth-order valence-electron chi connectivity index (χ4n) is 1.57. The predicted molar refractivity (Wildman–Crippen MR) is 72.9 cm³/mol. The van der Waals surface area contributed by atoms with Crippen LogP contribution < -0.4 is 5.32 Å². The first-order chi connectivity index (χ1) is 8.70. The van der Waals surface area contributed by atoms with E-state index < -0.39 is 0 Å². The van der Waals surface area contributed by atoms with Crippen molar-refractivity contribution in [3.05, 3.63) is 28.6 Å². The van der Waals surface area contributed by atoms with Crippen LogP contribution in [0.5, 0.6) is 0 Å². The van der Waals surface area contributed by atoms with Crippen LogP contribution in [-0.2, 0) is 11.3 Å². The molecule has 2 aromatic rings. The van der Waals surface area contributed by atoms with E-state index in [2.05, 4.69) is 30.2 Å². The lowest BCUT2D eigenvalue weighted by molar-refractivity contribution is 0.198. The summed E-state index contributed by atoms with van der Waals surface area (Å²) in [6, 6.07) is 2.14. The molecule has 0 spiro atoms. The largest absolute Gasteiger partial charge is 0.438 e. The van der Waals surface area contributed by atoms with Gasteiger partial charge in [0, 0.05) is 18.5 Å². The highest BCUT2D eigenvalue weighted by atomic mass is 32.1. The summed E-state index contributed by atoms with van der Waals surface area (Å²) in [5.41, 5.74) is 1.30. The average molecular weight is 266 g/mol. The summed E-state index contributed by atoms with van der Waals surface area (Å²) in [6.45, 7) is 6.35. The number of aromatic nitrogens is 1. The molecule has 0 aliphatic heterocycles. The minimum atomic E-state index is 0.632. The van der Waals surface area contributed by atoms with Crippen molar-refractivity contribution >= 4 is 11.3 Å². The Hall–Kier alpha value is -1.17. The van der Waals surface area contributed by atoms with Gasteiger partial charge >= 0.3 is 0 Å². The fourth-order valence-corrected chi connectivity index (χ4v) is 2.55. The Balaban J connectivity index is 1.97. The summed E-state index contributed by atoms with van der Waals surface area (Å²) in [6.07, 6.45) is 1.79. The van der Waals surface area contributed by atoms with Crippen molar-refractivity contribution in [1.29, 1.82) is 0 Å². The van der Waals surface area contributed by atoms with Crippen molar-refractivity contribution in [3.8, 4) is 10.6 Å². The molecule has 0 aromatic carbocycles. The highest BCUT2D eigenvalue weighted by molar-refractivity contribution is 7.15. The van der Waals surface area contributed by atoms with E-state index in [1.807, 2.05) is 0 Å². The Morgan fingerprint density at radius 3 is 2.94 bits per heavy atom. The van der Waals surface area contributed by atoms with E-state index >= 15 is 0 Å². The monoisotopic (exact) mass is 266 g/mol. The molecule has 0 saturated heterocycles. The highest BCUT2D eigenvalue weighted by Gasteiger charge is 2.09. The quantitative estimate of drug-likeness (QED) is 0.817. The Morgan fingerprint density at radius 2 is 2.28 bits per heavy atom. The number of ether oxygens (including phenoxy) is 1. The Morgan fingerprint density at radius 1 is 1.44 bits per heavy atom. The van der Waals surface area contributed by atoms with E-state index in [1.54, 1.807) is 24.6 Å². The van der Waals surface area contributed by atoms with Gasteiger partial charge in [0.25, 0.3) is 0 Å². The Bertz CT molecular complexity index is 485. The molecular formula is C13H18N2O2S. The fraction of sp³-hybridized carbons (Fsp3) is 0.462. The number of hydrogen-bond donors (Lipinski definition) is 1. The third-order valence-corrected chi connectivity index (χ3v) is 3.89. The third kappa shape index (κ3) is 3.19. The lowest BCUT2D eigenvalue weighted by atomic mass is 10.3. The van der Waals surface area contributed by atoms with Crippen LogP contribution in [0.25, 0.3) is 10.6 Å². The van der Waals surface area contributed by atoms with Crippen LogP contribution in [0.1, 0.15) is 16.3 Å². The first kappa shape index (κ1) is 13.3. The molecule has 5 heteroatoms. The molecule has 0 aliphatic carbocycles. The second-order valence-corrected chi connectivity index (χ2v) is 5.39. The predicted octanol–water partition coefficient (Wildman–Crippen LogP) is 2.76. The van der Waals surface area contributed by atoms with Gasteiger partial charge in [0.05, 0.1) is 24.2 Å². The number of nitrogens with zero attached hydrogens (tertiary/aromatic N) is 1. The van der Waals surface area contributed by atoms with Crippen LogP contribution in [0.4, 0.5) is 0 Å². The number of rotatable bonds is 6. The molecule has 18 heavy (non-hydrogen) atoms. The maximum Gasteiger partial charge on any atom is 0.208 e. The molecule has 0 unspecified atom stereocenters. The van der Waals surface area contributed by atoms with E-state index in [0.717, 1.165) is 17.2 Å². The van der Waals surface area contributed by atoms with Gasteiger partial charge in [0.2, 0.25) is 5.89 Å². The zero-order chi connectivity index (χ0) is 13.0. The molecule has 0 atom stereocenters. The number of hydrogen-bond acceptors (Lipinski definition) is 5. The van der Waals surface area contributed by atoms with Gasteiger partial charge in [-0.1, -0.05) is 0 Å². The maximum atomic E-state index is 5.71. The molecule has 0 bridgehead atoms.